The summed E-state index contributed by atoms with van der Waals surface area (Å²) in [6.07, 6.45) is 2.53. The minimum absolute atomic E-state index is 0.0319. The van der Waals surface area contributed by atoms with Gasteiger partial charge < -0.3 is 5.21 Å². The van der Waals surface area contributed by atoms with E-state index in [1.165, 1.54) is 18.3 Å². The van der Waals surface area contributed by atoms with Crippen molar-refractivity contribution in [2.45, 2.75) is 19.8 Å². The molecule has 1 aromatic heterocycles. The Morgan fingerprint density at radius 2 is 2.31 bits per heavy atom. The van der Waals surface area contributed by atoms with Crippen LogP contribution in [0.4, 0.5) is 5.69 Å². The summed E-state index contributed by atoms with van der Waals surface area (Å²) in [6, 6.07) is 2.52. The van der Waals surface area contributed by atoms with Gasteiger partial charge in [-0.25, -0.2) is 0 Å². The number of aryl methyl sites for hydroxylation is 1. The Kier molecular flexibility index (Phi) is 2.79. The molecule has 0 saturated heterocycles. The molecule has 0 saturated carbocycles. The normalized spacial score (nSPS) is 9.92. The molecule has 1 aromatic rings. The molecule has 0 aliphatic rings. The highest BCUT2D eigenvalue weighted by Crippen LogP contribution is 2.10. The average molecular weight is 182 g/mol. The molecule has 0 unspecified atom stereocenters. The first kappa shape index (κ1) is 9.44. The Balaban J connectivity index is 3.03. The van der Waals surface area contributed by atoms with Crippen molar-refractivity contribution in [3.63, 3.8) is 0 Å². The average Bonchev–Trinajstić information content (AvgIpc) is 2.08. The summed E-state index contributed by atoms with van der Waals surface area (Å²) in [7, 11) is 0. The number of hydrogen-bond acceptors (Lipinski definition) is 3. The molecule has 1 rings (SSSR count). The van der Waals surface area contributed by atoms with Crippen LogP contribution in [0.2, 0.25) is 0 Å². The molecule has 1 heterocycles. The zero-order valence-electron chi connectivity index (χ0n) is 7.27. The van der Waals surface area contributed by atoms with E-state index in [4.69, 9.17) is 0 Å². The smallest absolute Gasteiger partial charge is 0.281 e. The number of nitrogens with zero attached hydrogens (tertiary/aromatic N) is 2. The van der Waals surface area contributed by atoms with Crippen LogP contribution in [-0.2, 0) is 6.42 Å². The van der Waals surface area contributed by atoms with Gasteiger partial charge in [-0.3, -0.25) is 10.1 Å². The lowest BCUT2D eigenvalue weighted by molar-refractivity contribution is -0.614. The minimum atomic E-state index is -0.501. The van der Waals surface area contributed by atoms with Crippen LogP contribution in [0.15, 0.2) is 18.3 Å². The summed E-state index contributed by atoms with van der Waals surface area (Å²) < 4.78 is 0.663. The molecule has 0 radical (unpaired) electrons. The lowest BCUT2D eigenvalue weighted by Crippen LogP contribution is -2.31. The predicted molar refractivity (Wildman–Crippen MR) is 46.1 cm³/mol. The van der Waals surface area contributed by atoms with E-state index in [2.05, 4.69) is 0 Å². The van der Waals surface area contributed by atoms with E-state index in [0.29, 0.717) is 16.8 Å². The third kappa shape index (κ3) is 2.14. The first-order valence-electron chi connectivity index (χ1n) is 4.01. The van der Waals surface area contributed by atoms with E-state index >= 15 is 0 Å². The highest BCUT2D eigenvalue weighted by Gasteiger charge is 2.12. The number of pyridine rings is 1. The molecule has 5 heteroatoms. The second-order valence-corrected chi connectivity index (χ2v) is 2.71. The summed E-state index contributed by atoms with van der Waals surface area (Å²) >= 11 is 0. The lowest BCUT2D eigenvalue weighted by atomic mass is 10.2. The molecule has 13 heavy (non-hydrogen) atoms. The van der Waals surface area contributed by atoms with Crippen molar-refractivity contribution >= 4 is 5.69 Å². The van der Waals surface area contributed by atoms with Gasteiger partial charge in [0.1, 0.15) is 0 Å². The quantitative estimate of drug-likeness (QED) is 0.305. The van der Waals surface area contributed by atoms with Gasteiger partial charge in [0.05, 0.1) is 17.1 Å². The Hall–Kier alpha value is -1.65. The van der Waals surface area contributed by atoms with Crippen molar-refractivity contribution in [1.29, 1.82) is 0 Å². The van der Waals surface area contributed by atoms with Gasteiger partial charge in [-0.05, 0) is 6.42 Å². The van der Waals surface area contributed by atoms with Gasteiger partial charge in [0.15, 0.2) is 11.9 Å². The Morgan fingerprint density at radius 1 is 1.62 bits per heavy atom. The number of rotatable bonds is 3. The molecule has 5 nitrogen and oxygen atoms in total. The maximum Gasteiger partial charge on any atom is 0.281 e. The highest BCUT2D eigenvalue weighted by atomic mass is 16.6. The van der Waals surface area contributed by atoms with Crippen LogP contribution >= 0.6 is 0 Å². The van der Waals surface area contributed by atoms with Crippen molar-refractivity contribution in [1.82, 2.24) is 0 Å². The summed E-state index contributed by atoms with van der Waals surface area (Å²) in [6.45, 7) is 1.92. The van der Waals surface area contributed by atoms with Gasteiger partial charge in [0, 0.05) is 6.42 Å². The molecule has 0 bridgehead atoms. The maximum atomic E-state index is 11.1. The second-order valence-electron chi connectivity index (χ2n) is 2.71. The summed E-state index contributed by atoms with van der Waals surface area (Å²) in [5.41, 5.74) is 0.409. The fourth-order valence-electron chi connectivity index (χ4n) is 1.07. The monoisotopic (exact) mass is 182 g/mol. The summed E-state index contributed by atoms with van der Waals surface area (Å²) in [5.74, 6) is 0. The van der Waals surface area contributed by atoms with Crippen LogP contribution in [-0.4, -0.2) is 4.92 Å². The summed E-state index contributed by atoms with van der Waals surface area (Å²) in [4.78, 5) is 9.86. The van der Waals surface area contributed by atoms with Crippen molar-refractivity contribution in [2.24, 2.45) is 0 Å². The van der Waals surface area contributed by atoms with Crippen LogP contribution < -0.4 is 4.73 Å². The molecule has 0 fully saturated rings. The fraction of sp³-hybridized carbons (Fsp3) is 0.375. The molecule has 0 aliphatic heterocycles. The van der Waals surface area contributed by atoms with E-state index < -0.39 is 4.92 Å². The van der Waals surface area contributed by atoms with Gasteiger partial charge in [-0.2, -0.15) is 4.73 Å². The zero-order chi connectivity index (χ0) is 9.84. The van der Waals surface area contributed by atoms with E-state index in [0.717, 1.165) is 6.42 Å². The third-order valence-corrected chi connectivity index (χ3v) is 1.70. The molecule has 0 spiro atoms. The van der Waals surface area contributed by atoms with Gasteiger partial charge >= 0.3 is 0 Å². The molecule has 70 valence electrons. The second kappa shape index (κ2) is 3.84. The SMILES string of the molecule is CCCc1cc([N+](=O)[O-])cc[n+]1[O-]. The van der Waals surface area contributed by atoms with Crippen LogP contribution in [0.25, 0.3) is 0 Å². The molecule has 0 N–H and O–H groups in total. The van der Waals surface area contributed by atoms with Crippen molar-refractivity contribution in [2.75, 3.05) is 0 Å². The summed E-state index contributed by atoms with van der Waals surface area (Å²) in [5, 5.41) is 21.4. The van der Waals surface area contributed by atoms with E-state index in [9.17, 15) is 15.3 Å². The standard InChI is InChI=1S/C8H10N2O3/c1-2-3-7-6-8(10(12)13)4-5-9(7)11/h4-6H,2-3H2,1H3. The molecule has 0 amide bonds. The van der Waals surface area contributed by atoms with Crippen LogP contribution in [0, 0.1) is 15.3 Å². The topological polar surface area (TPSA) is 70.1 Å². The molecule has 0 atom stereocenters. The Labute approximate surface area is 75.4 Å². The number of hydrogen-bond donors (Lipinski definition) is 0. The lowest BCUT2D eigenvalue weighted by Gasteiger charge is -2.01. The zero-order valence-corrected chi connectivity index (χ0v) is 7.27. The largest absolute Gasteiger partial charge is 0.618 e. The number of aromatic nitrogens is 1. The van der Waals surface area contributed by atoms with Crippen molar-refractivity contribution < 1.29 is 9.65 Å². The van der Waals surface area contributed by atoms with E-state index in [1.54, 1.807) is 0 Å². The van der Waals surface area contributed by atoms with Gasteiger partial charge in [-0.15, -0.1) is 0 Å². The first-order valence-corrected chi connectivity index (χ1v) is 4.01. The van der Waals surface area contributed by atoms with Gasteiger partial charge in [0.2, 0.25) is 0 Å². The minimum Gasteiger partial charge on any atom is -0.618 e. The van der Waals surface area contributed by atoms with Gasteiger partial charge in [0.25, 0.3) is 5.69 Å². The Morgan fingerprint density at radius 3 is 2.85 bits per heavy atom. The predicted octanol–water partition coefficient (Wildman–Crippen LogP) is 1.18. The maximum absolute atomic E-state index is 11.1. The van der Waals surface area contributed by atoms with Crippen LogP contribution in [0.5, 0.6) is 0 Å². The highest BCUT2D eigenvalue weighted by molar-refractivity contribution is 5.27. The molecule has 0 aliphatic carbocycles. The Bertz CT molecular complexity index is 325. The first-order chi connectivity index (χ1) is 6.15. The third-order valence-electron chi connectivity index (χ3n) is 1.70. The van der Waals surface area contributed by atoms with E-state index in [-0.39, 0.29) is 5.69 Å². The van der Waals surface area contributed by atoms with Crippen molar-refractivity contribution in [3.8, 4) is 0 Å². The van der Waals surface area contributed by atoms with Crippen LogP contribution in [0.3, 0.4) is 0 Å². The van der Waals surface area contributed by atoms with Gasteiger partial charge in [-0.1, -0.05) is 6.92 Å². The van der Waals surface area contributed by atoms with E-state index in [1.807, 2.05) is 6.92 Å². The van der Waals surface area contributed by atoms with Crippen molar-refractivity contribution in [3.05, 3.63) is 39.3 Å². The molecular formula is C8H10N2O3. The van der Waals surface area contributed by atoms with Crippen LogP contribution in [0.1, 0.15) is 19.0 Å². The number of nitro groups is 1. The molecule has 0 aromatic carbocycles. The fourth-order valence-corrected chi connectivity index (χ4v) is 1.07. The molecular weight excluding hydrogens is 172 g/mol.